The van der Waals surface area contributed by atoms with Crippen LogP contribution in [-0.2, 0) is 4.79 Å². The lowest BCUT2D eigenvalue weighted by Crippen LogP contribution is -2.32. The molecule has 0 aromatic heterocycles. The first-order chi connectivity index (χ1) is 9.13. The van der Waals surface area contributed by atoms with Crippen LogP contribution in [0.2, 0.25) is 0 Å². The van der Waals surface area contributed by atoms with Gasteiger partial charge < -0.3 is 15.2 Å². The molecule has 0 saturated heterocycles. The first-order valence-corrected chi connectivity index (χ1v) is 6.39. The summed E-state index contributed by atoms with van der Waals surface area (Å²) >= 11 is 0. The molecule has 2 rings (SSSR count). The maximum atomic E-state index is 12.9. The average Bonchev–Trinajstić information content (AvgIpc) is 3.17. The third-order valence-corrected chi connectivity index (χ3v) is 3.35. The van der Waals surface area contributed by atoms with Crippen molar-refractivity contribution in [2.24, 2.45) is 5.41 Å². The van der Waals surface area contributed by atoms with E-state index in [1.165, 1.54) is 12.1 Å². The van der Waals surface area contributed by atoms with E-state index in [1.54, 1.807) is 12.1 Å². The molecule has 0 unspecified atom stereocenters. The van der Waals surface area contributed by atoms with Gasteiger partial charge in [0.2, 0.25) is 5.91 Å². The van der Waals surface area contributed by atoms with Gasteiger partial charge >= 0.3 is 0 Å². The van der Waals surface area contributed by atoms with Gasteiger partial charge in [-0.05, 0) is 25.0 Å². The van der Waals surface area contributed by atoms with Gasteiger partial charge in [0.15, 0.2) is 0 Å². The van der Waals surface area contributed by atoms with E-state index in [9.17, 15) is 9.18 Å². The SMILES string of the molecule is O=C(CCOc1cccc(F)c1)NCC1(CO)CC1. The minimum Gasteiger partial charge on any atom is -0.493 e. The summed E-state index contributed by atoms with van der Waals surface area (Å²) in [5.74, 6) is -0.0569. The predicted octanol–water partition coefficient (Wildman–Crippen LogP) is 1.48. The zero-order chi connectivity index (χ0) is 13.7. The van der Waals surface area contributed by atoms with E-state index in [0.717, 1.165) is 12.8 Å². The lowest BCUT2D eigenvalue weighted by molar-refractivity contribution is -0.121. The quantitative estimate of drug-likeness (QED) is 0.786. The van der Waals surface area contributed by atoms with Crippen LogP contribution in [0.15, 0.2) is 24.3 Å². The van der Waals surface area contributed by atoms with Crippen LogP contribution in [0.25, 0.3) is 0 Å². The van der Waals surface area contributed by atoms with Crippen LogP contribution >= 0.6 is 0 Å². The van der Waals surface area contributed by atoms with Crippen LogP contribution in [0.1, 0.15) is 19.3 Å². The molecule has 4 nitrogen and oxygen atoms in total. The van der Waals surface area contributed by atoms with Crippen molar-refractivity contribution in [2.75, 3.05) is 19.8 Å². The number of amides is 1. The molecule has 0 bridgehead atoms. The molecule has 2 N–H and O–H groups in total. The minimum atomic E-state index is -0.361. The summed E-state index contributed by atoms with van der Waals surface area (Å²) in [7, 11) is 0. The fraction of sp³-hybridized carbons (Fsp3) is 0.500. The van der Waals surface area contributed by atoms with E-state index in [0.29, 0.717) is 12.3 Å². The molecule has 0 heterocycles. The monoisotopic (exact) mass is 267 g/mol. The Labute approximate surface area is 111 Å². The first-order valence-electron chi connectivity index (χ1n) is 6.39. The van der Waals surface area contributed by atoms with Gasteiger partial charge in [-0.25, -0.2) is 4.39 Å². The Hall–Kier alpha value is -1.62. The minimum absolute atomic E-state index is 0.0843. The lowest BCUT2D eigenvalue weighted by Gasteiger charge is -2.12. The number of halogens is 1. The van der Waals surface area contributed by atoms with Gasteiger partial charge in [-0.2, -0.15) is 0 Å². The summed E-state index contributed by atoms with van der Waals surface area (Å²) in [4.78, 5) is 11.5. The Balaban J connectivity index is 1.64. The van der Waals surface area contributed by atoms with Gasteiger partial charge in [-0.3, -0.25) is 4.79 Å². The summed E-state index contributed by atoms with van der Waals surface area (Å²) in [6, 6.07) is 5.82. The maximum absolute atomic E-state index is 12.9. The zero-order valence-corrected chi connectivity index (χ0v) is 10.7. The van der Waals surface area contributed by atoms with Gasteiger partial charge in [-0.15, -0.1) is 0 Å². The topological polar surface area (TPSA) is 58.6 Å². The van der Waals surface area contributed by atoms with Gasteiger partial charge in [0.25, 0.3) is 0 Å². The Morgan fingerprint density at radius 3 is 2.89 bits per heavy atom. The molecule has 0 radical (unpaired) electrons. The average molecular weight is 267 g/mol. The molecule has 0 atom stereocenters. The number of benzene rings is 1. The fourth-order valence-corrected chi connectivity index (χ4v) is 1.76. The molecule has 1 saturated carbocycles. The highest BCUT2D eigenvalue weighted by molar-refractivity contribution is 5.76. The maximum Gasteiger partial charge on any atom is 0.223 e. The summed E-state index contributed by atoms with van der Waals surface area (Å²) < 4.78 is 18.1. The number of hydrogen-bond donors (Lipinski definition) is 2. The van der Waals surface area contributed by atoms with Crippen molar-refractivity contribution in [1.82, 2.24) is 5.32 Å². The van der Waals surface area contributed by atoms with Crippen LogP contribution in [0, 0.1) is 11.2 Å². The van der Waals surface area contributed by atoms with Crippen molar-refractivity contribution in [3.8, 4) is 5.75 Å². The molecule has 1 aromatic carbocycles. The standard InChI is InChI=1S/C14H18FNO3/c15-11-2-1-3-12(8-11)19-7-4-13(18)16-9-14(10-17)5-6-14/h1-3,8,17H,4-7,9-10H2,(H,16,18). The number of ether oxygens (including phenoxy) is 1. The van der Waals surface area contributed by atoms with Crippen LogP contribution in [0.4, 0.5) is 4.39 Å². The van der Waals surface area contributed by atoms with Gasteiger partial charge in [0.1, 0.15) is 11.6 Å². The predicted molar refractivity (Wildman–Crippen MR) is 68.3 cm³/mol. The molecule has 5 heteroatoms. The Bertz CT molecular complexity index is 446. The van der Waals surface area contributed by atoms with Gasteiger partial charge in [0.05, 0.1) is 19.6 Å². The van der Waals surface area contributed by atoms with E-state index in [-0.39, 0.29) is 36.8 Å². The number of hydrogen-bond acceptors (Lipinski definition) is 3. The van der Waals surface area contributed by atoms with E-state index in [4.69, 9.17) is 9.84 Å². The summed E-state index contributed by atoms with van der Waals surface area (Å²) in [6.07, 6.45) is 2.14. The second-order valence-corrected chi connectivity index (χ2v) is 4.99. The fourth-order valence-electron chi connectivity index (χ4n) is 1.76. The first kappa shape index (κ1) is 13.8. The smallest absolute Gasteiger partial charge is 0.223 e. The number of aliphatic hydroxyl groups is 1. The summed E-state index contributed by atoms with van der Waals surface area (Å²) in [5.41, 5.74) is -0.0843. The van der Waals surface area contributed by atoms with E-state index in [2.05, 4.69) is 5.32 Å². The molecular formula is C14H18FNO3. The molecule has 1 fully saturated rings. The molecule has 104 valence electrons. The van der Waals surface area contributed by atoms with E-state index in [1.807, 2.05) is 0 Å². The molecule has 1 aliphatic carbocycles. The largest absolute Gasteiger partial charge is 0.493 e. The molecule has 0 aliphatic heterocycles. The van der Waals surface area contributed by atoms with E-state index >= 15 is 0 Å². The zero-order valence-electron chi connectivity index (χ0n) is 10.7. The van der Waals surface area contributed by atoms with Crippen molar-refractivity contribution in [1.29, 1.82) is 0 Å². The van der Waals surface area contributed by atoms with Gasteiger partial charge in [0, 0.05) is 18.0 Å². The Kier molecular flexibility index (Phi) is 4.37. The summed E-state index contributed by atoms with van der Waals surface area (Å²) in [6.45, 7) is 0.844. The summed E-state index contributed by atoms with van der Waals surface area (Å²) in [5, 5.41) is 11.9. The number of aliphatic hydroxyl groups excluding tert-OH is 1. The second-order valence-electron chi connectivity index (χ2n) is 4.99. The molecule has 1 aliphatic rings. The van der Waals surface area contributed by atoms with E-state index < -0.39 is 0 Å². The normalized spacial score (nSPS) is 15.9. The van der Waals surface area contributed by atoms with Crippen LogP contribution in [0.5, 0.6) is 5.75 Å². The van der Waals surface area contributed by atoms with Crippen molar-refractivity contribution in [2.45, 2.75) is 19.3 Å². The van der Waals surface area contributed by atoms with Gasteiger partial charge in [-0.1, -0.05) is 6.07 Å². The van der Waals surface area contributed by atoms with Crippen molar-refractivity contribution < 1.29 is 19.0 Å². The number of rotatable bonds is 7. The number of carbonyl (C=O) groups excluding carboxylic acids is 1. The third-order valence-electron chi connectivity index (χ3n) is 3.35. The Morgan fingerprint density at radius 2 is 2.26 bits per heavy atom. The van der Waals surface area contributed by atoms with Crippen LogP contribution in [-0.4, -0.2) is 30.8 Å². The lowest BCUT2D eigenvalue weighted by atomic mass is 10.1. The molecular weight excluding hydrogens is 249 g/mol. The van der Waals surface area contributed by atoms with Crippen LogP contribution < -0.4 is 10.1 Å². The van der Waals surface area contributed by atoms with Crippen molar-refractivity contribution in [3.63, 3.8) is 0 Å². The van der Waals surface area contributed by atoms with Crippen molar-refractivity contribution in [3.05, 3.63) is 30.1 Å². The third kappa shape index (κ3) is 4.21. The van der Waals surface area contributed by atoms with Crippen LogP contribution in [0.3, 0.4) is 0 Å². The second kappa shape index (κ2) is 6.02. The Morgan fingerprint density at radius 1 is 1.47 bits per heavy atom. The molecule has 19 heavy (non-hydrogen) atoms. The highest BCUT2D eigenvalue weighted by Crippen LogP contribution is 2.44. The highest BCUT2D eigenvalue weighted by atomic mass is 19.1. The van der Waals surface area contributed by atoms with Crippen molar-refractivity contribution >= 4 is 5.91 Å². The highest BCUT2D eigenvalue weighted by Gasteiger charge is 2.41. The number of carbonyl (C=O) groups is 1. The molecule has 1 aromatic rings. The number of nitrogens with one attached hydrogen (secondary N) is 1. The molecule has 0 spiro atoms. The molecule has 1 amide bonds.